The topological polar surface area (TPSA) is 75.7 Å². The van der Waals surface area contributed by atoms with Crippen molar-refractivity contribution < 1.29 is 22.3 Å². The molecule has 2 aromatic rings. The molecule has 1 unspecified atom stereocenters. The number of ether oxygens (including phenoxy) is 1. The number of nitrogens with zero attached hydrogens (tertiary/aromatic N) is 1. The summed E-state index contributed by atoms with van der Waals surface area (Å²) < 4.78 is 44.3. The van der Waals surface area contributed by atoms with Gasteiger partial charge in [-0.1, -0.05) is 12.1 Å². The number of hydrogen-bond donors (Lipinski definition) is 1. The van der Waals surface area contributed by atoms with Gasteiger partial charge < -0.3 is 10.1 Å². The third-order valence-electron chi connectivity index (χ3n) is 4.77. The number of halogens is 1. The lowest BCUT2D eigenvalue weighted by Crippen LogP contribution is -2.40. The Balaban J connectivity index is 1.67. The highest BCUT2D eigenvalue weighted by Crippen LogP contribution is 2.41. The Kier molecular flexibility index (Phi) is 6.00. The highest BCUT2D eigenvalue weighted by molar-refractivity contribution is 7.89. The van der Waals surface area contributed by atoms with Crippen LogP contribution in [0, 0.1) is 11.7 Å². The fraction of sp³-hybridized carbons (Fsp3) is 0.350. The van der Waals surface area contributed by atoms with Crippen LogP contribution in [-0.4, -0.2) is 39.3 Å². The van der Waals surface area contributed by atoms with Gasteiger partial charge in [0.05, 0.1) is 24.6 Å². The zero-order chi connectivity index (χ0) is 20.3. The molecule has 1 atom stereocenters. The summed E-state index contributed by atoms with van der Waals surface area (Å²) >= 11 is 0. The van der Waals surface area contributed by atoms with E-state index in [1.807, 2.05) is 24.3 Å². The molecule has 8 heteroatoms. The molecule has 0 radical (unpaired) electrons. The molecule has 1 aliphatic carbocycles. The Morgan fingerprint density at radius 3 is 2.32 bits per heavy atom. The van der Waals surface area contributed by atoms with Crippen molar-refractivity contribution in [1.82, 2.24) is 9.62 Å². The molecule has 150 valence electrons. The molecule has 0 aromatic heterocycles. The third kappa shape index (κ3) is 4.69. The van der Waals surface area contributed by atoms with E-state index in [4.69, 9.17) is 4.74 Å². The molecule has 28 heavy (non-hydrogen) atoms. The van der Waals surface area contributed by atoms with Gasteiger partial charge in [-0.15, -0.1) is 0 Å². The molecular formula is C20H23FN2O4S. The van der Waals surface area contributed by atoms with E-state index >= 15 is 0 Å². The second-order valence-electron chi connectivity index (χ2n) is 6.87. The van der Waals surface area contributed by atoms with Gasteiger partial charge in [-0.05, 0) is 60.7 Å². The number of likely N-dealkylation sites (N-methyl/N-ethyl adjacent to an activating group) is 1. The van der Waals surface area contributed by atoms with Crippen LogP contribution in [0.25, 0.3) is 0 Å². The summed E-state index contributed by atoms with van der Waals surface area (Å²) in [4.78, 5) is 12.5. The van der Waals surface area contributed by atoms with Gasteiger partial charge in [0.2, 0.25) is 15.9 Å². The number of nitrogens with one attached hydrogen (secondary N) is 1. The minimum absolute atomic E-state index is 0.0573. The standard InChI is InChI=1S/C20H23FN2O4S/c1-23(28(25,26)18-11-7-16(21)8-12-18)13-19(24)22-20(14-3-4-14)15-5-9-17(27-2)10-6-15/h5-12,14,20H,3-4,13H2,1-2H3,(H,22,24). The fourth-order valence-corrected chi connectivity index (χ4v) is 4.13. The Bertz CT molecular complexity index is 926. The van der Waals surface area contributed by atoms with Gasteiger partial charge in [-0.25, -0.2) is 12.8 Å². The van der Waals surface area contributed by atoms with Crippen LogP contribution in [0.3, 0.4) is 0 Å². The highest BCUT2D eigenvalue weighted by atomic mass is 32.2. The molecule has 1 saturated carbocycles. The van der Waals surface area contributed by atoms with Crippen LogP contribution in [0.2, 0.25) is 0 Å². The number of benzene rings is 2. The second kappa shape index (κ2) is 8.28. The smallest absolute Gasteiger partial charge is 0.243 e. The average molecular weight is 406 g/mol. The monoisotopic (exact) mass is 406 g/mol. The third-order valence-corrected chi connectivity index (χ3v) is 6.59. The largest absolute Gasteiger partial charge is 0.497 e. The Morgan fingerprint density at radius 2 is 1.79 bits per heavy atom. The Morgan fingerprint density at radius 1 is 1.18 bits per heavy atom. The molecule has 1 fully saturated rings. The molecule has 0 aliphatic heterocycles. The maximum Gasteiger partial charge on any atom is 0.243 e. The predicted octanol–water partition coefficient (Wildman–Crippen LogP) is 2.72. The SMILES string of the molecule is COc1ccc(C(NC(=O)CN(C)S(=O)(=O)c2ccc(F)cc2)C2CC2)cc1. The van der Waals surface area contributed by atoms with E-state index in [9.17, 15) is 17.6 Å². The predicted molar refractivity (Wildman–Crippen MR) is 103 cm³/mol. The molecule has 1 aliphatic rings. The summed E-state index contributed by atoms with van der Waals surface area (Å²) in [6.45, 7) is -0.320. The van der Waals surface area contributed by atoms with Crippen LogP contribution < -0.4 is 10.1 Å². The van der Waals surface area contributed by atoms with E-state index in [2.05, 4.69) is 5.32 Å². The average Bonchev–Trinajstić information content (AvgIpc) is 3.51. The lowest BCUT2D eigenvalue weighted by atomic mass is 10.0. The second-order valence-corrected chi connectivity index (χ2v) is 8.92. The van der Waals surface area contributed by atoms with Crippen LogP contribution in [0.1, 0.15) is 24.4 Å². The van der Waals surface area contributed by atoms with Crippen LogP contribution >= 0.6 is 0 Å². The number of carbonyl (C=O) groups is 1. The fourth-order valence-electron chi connectivity index (χ4n) is 3.01. The van der Waals surface area contributed by atoms with Crippen LogP contribution in [-0.2, 0) is 14.8 Å². The van der Waals surface area contributed by atoms with Crippen molar-refractivity contribution in [3.05, 3.63) is 59.9 Å². The zero-order valence-electron chi connectivity index (χ0n) is 15.8. The van der Waals surface area contributed by atoms with Gasteiger partial charge in [-0.2, -0.15) is 4.31 Å². The summed E-state index contributed by atoms with van der Waals surface area (Å²) in [5.74, 6) is 0.165. The van der Waals surface area contributed by atoms with Crippen LogP contribution in [0.15, 0.2) is 53.4 Å². The minimum Gasteiger partial charge on any atom is -0.497 e. The molecule has 1 N–H and O–H groups in total. The van der Waals surface area contributed by atoms with Crippen molar-refractivity contribution in [2.75, 3.05) is 20.7 Å². The quantitative estimate of drug-likeness (QED) is 0.731. The first-order chi connectivity index (χ1) is 13.3. The molecule has 0 bridgehead atoms. The van der Waals surface area contributed by atoms with Gasteiger partial charge >= 0.3 is 0 Å². The first kappa shape index (κ1) is 20.3. The molecule has 0 saturated heterocycles. The van der Waals surface area contributed by atoms with E-state index in [-0.39, 0.29) is 23.4 Å². The molecule has 0 heterocycles. The minimum atomic E-state index is -3.88. The maximum absolute atomic E-state index is 13.0. The summed E-state index contributed by atoms with van der Waals surface area (Å²) in [5, 5.41) is 2.95. The Hall–Kier alpha value is -2.45. The number of hydrogen-bond acceptors (Lipinski definition) is 4. The first-order valence-electron chi connectivity index (χ1n) is 8.96. The van der Waals surface area contributed by atoms with Crippen molar-refractivity contribution >= 4 is 15.9 Å². The van der Waals surface area contributed by atoms with E-state index in [1.54, 1.807) is 7.11 Å². The normalized spacial score (nSPS) is 15.3. The van der Waals surface area contributed by atoms with Crippen molar-refractivity contribution in [2.24, 2.45) is 5.92 Å². The zero-order valence-corrected chi connectivity index (χ0v) is 16.6. The number of carbonyl (C=O) groups excluding carboxylic acids is 1. The number of methoxy groups -OCH3 is 1. The van der Waals surface area contributed by atoms with Gasteiger partial charge in [0.25, 0.3) is 0 Å². The first-order valence-corrected chi connectivity index (χ1v) is 10.4. The molecular weight excluding hydrogens is 383 g/mol. The number of rotatable bonds is 8. The molecule has 6 nitrogen and oxygen atoms in total. The number of sulfonamides is 1. The van der Waals surface area contributed by atoms with Crippen LogP contribution in [0.5, 0.6) is 5.75 Å². The molecule has 3 rings (SSSR count). The van der Waals surface area contributed by atoms with E-state index in [1.165, 1.54) is 19.2 Å². The summed E-state index contributed by atoms with van der Waals surface area (Å²) in [7, 11) is -0.955. The van der Waals surface area contributed by atoms with Crippen molar-refractivity contribution in [3.8, 4) is 5.75 Å². The Labute approximate surface area is 164 Å². The summed E-state index contributed by atoms with van der Waals surface area (Å²) in [5.41, 5.74) is 0.959. The molecule has 1 amide bonds. The lowest BCUT2D eigenvalue weighted by molar-refractivity contribution is -0.122. The maximum atomic E-state index is 13.0. The van der Waals surface area contributed by atoms with Crippen molar-refractivity contribution in [2.45, 2.75) is 23.8 Å². The van der Waals surface area contributed by atoms with Gasteiger partial charge in [0, 0.05) is 7.05 Å². The highest BCUT2D eigenvalue weighted by Gasteiger charge is 2.34. The van der Waals surface area contributed by atoms with Crippen molar-refractivity contribution in [3.63, 3.8) is 0 Å². The van der Waals surface area contributed by atoms with Gasteiger partial charge in [0.1, 0.15) is 11.6 Å². The summed E-state index contributed by atoms with van der Waals surface area (Å²) in [6.07, 6.45) is 2.03. The van der Waals surface area contributed by atoms with Gasteiger partial charge in [0.15, 0.2) is 0 Å². The van der Waals surface area contributed by atoms with E-state index in [0.29, 0.717) is 5.92 Å². The van der Waals surface area contributed by atoms with Gasteiger partial charge in [-0.3, -0.25) is 4.79 Å². The van der Waals surface area contributed by atoms with Crippen molar-refractivity contribution in [1.29, 1.82) is 0 Å². The lowest BCUT2D eigenvalue weighted by Gasteiger charge is -2.22. The van der Waals surface area contributed by atoms with E-state index in [0.717, 1.165) is 40.6 Å². The molecule has 0 spiro atoms. The van der Waals surface area contributed by atoms with E-state index < -0.39 is 15.8 Å². The number of amides is 1. The summed E-state index contributed by atoms with van der Waals surface area (Å²) in [6, 6.07) is 11.8. The molecule has 2 aromatic carbocycles. The van der Waals surface area contributed by atoms with Crippen LogP contribution in [0.4, 0.5) is 4.39 Å².